The molecule has 0 N–H and O–H groups in total. The van der Waals surface area contributed by atoms with Crippen LogP contribution in [0.3, 0.4) is 0 Å². The second-order valence-corrected chi connectivity index (χ2v) is 10.4. The Hall–Kier alpha value is -5.41. The van der Waals surface area contributed by atoms with Gasteiger partial charge in [0, 0.05) is 33.1 Å². The van der Waals surface area contributed by atoms with Crippen molar-refractivity contribution < 1.29 is 0 Å². The molecule has 0 aliphatic carbocycles. The summed E-state index contributed by atoms with van der Waals surface area (Å²) in [5.41, 5.74) is 8.35. The fraction of sp³-hybridized carbons (Fsp3) is 0. The van der Waals surface area contributed by atoms with E-state index in [1.807, 2.05) is 6.20 Å². The Morgan fingerprint density at radius 3 is 1.85 bits per heavy atom. The third-order valence-corrected chi connectivity index (χ3v) is 8.34. The smallest absolute Gasteiger partial charge is 0.138 e. The van der Waals surface area contributed by atoms with Crippen LogP contribution >= 0.6 is 0 Å². The van der Waals surface area contributed by atoms with Gasteiger partial charge in [0.05, 0.1) is 27.6 Å². The minimum absolute atomic E-state index is 0.923. The van der Waals surface area contributed by atoms with E-state index >= 15 is 0 Å². The Kier molecular flexibility index (Phi) is 4.33. The molecular formula is C37H23N3. The maximum atomic E-state index is 4.87. The Morgan fingerprint density at radius 2 is 1.02 bits per heavy atom. The lowest BCUT2D eigenvalue weighted by Crippen LogP contribution is -1.97. The first-order valence-electron chi connectivity index (χ1n) is 13.7. The molecule has 0 fully saturated rings. The van der Waals surface area contributed by atoms with Crippen molar-refractivity contribution in [2.75, 3.05) is 0 Å². The van der Waals surface area contributed by atoms with Crippen molar-refractivity contribution in [1.82, 2.24) is 14.0 Å². The molecule has 0 unspecified atom stereocenters. The molecule has 0 aliphatic heterocycles. The van der Waals surface area contributed by atoms with Crippen LogP contribution in [-0.4, -0.2) is 14.0 Å². The minimum atomic E-state index is 0.923. The molecular weight excluding hydrogens is 486 g/mol. The average Bonchev–Trinajstić information content (AvgIpc) is 3.58. The summed E-state index contributed by atoms with van der Waals surface area (Å²) in [4.78, 5) is 4.87. The van der Waals surface area contributed by atoms with Gasteiger partial charge >= 0.3 is 0 Å². The van der Waals surface area contributed by atoms with Gasteiger partial charge in [0.2, 0.25) is 0 Å². The first kappa shape index (κ1) is 21.5. The standard InChI is InChI=1S/C37H23N3/c1-2-10-24(11-3-1)25-20-21-38-36(22-25)40-32-17-9-7-15-29(32)37-30-23-35-28-14-5-4-12-26(28)27-13-6-8-16-31(27)39(35)33(30)18-19-34(37)40/h1-23H. The predicted molar refractivity (Wildman–Crippen MR) is 167 cm³/mol. The van der Waals surface area contributed by atoms with Crippen molar-refractivity contribution in [1.29, 1.82) is 0 Å². The summed E-state index contributed by atoms with van der Waals surface area (Å²) in [6, 6.07) is 47.9. The second-order valence-electron chi connectivity index (χ2n) is 10.4. The number of hydrogen-bond acceptors (Lipinski definition) is 1. The van der Waals surface area contributed by atoms with E-state index in [0.29, 0.717) is 0 Å². The molecule has 0 bridgehead atoms. The average molecular weight is 510 g/mol. The van der Waals surface area contributed by atoms with Crippen molar-refractivity contribution >= 4 is 59.9 Å². The van der Waals surface area contributed by atoms with E-state index in [1.54, 1.807) is 0 Å². The van der Waals surface area contributed by atoms with Crippen molar-refractivity contribution in [3.63, 3.8) is 0 Å². The number of pyridine rings is 2. The van der Waals surface area contributed by atoms with Gasteiger partial charge in [0.25, 0.3) is 0 Å². The number of fused-ring (bicyclic) bond motifs is 12. The predicted octanol–water partition coefficient (Wildman–Crippen LogP) is 9.56. The molecule has 4 heterocycles. The summed E-state index contributed by atoms with van der Waals surface area (Å²) >= 11 is 0. The quantitative estimate of drug-likeness (QED) is 0.213. The number of rotatable bonds is 2. The minimum Gasteiger partial charge on any atom is -0.309 e. The van der Waals surface area contributed by atoms with Crippen LogP contribution in [0.25, 0.3) is 76.8 Å². The molecule has 0 saturated carbocycles. The molecule has 0 atom stereocenters. The summed E-state index contributed by atoms with van der Waals surface area (Å²) in [6.45, 7) is 0. The summed E-state index contributed by atoms with van der Waals surface area (Å²) in [6.07, 6.45) is 1.92. The van der Waals surface area contributed by atoms with Gasteiger partial charge in [-0.3, -0.25) is 4.57 Å². The van der Waals surface area contributed by atoms with Crippen LogP contribution in [-0.2, 0) is 0 Å². The zero-order valence-electron chi connectivity index (χ0n) is 21.6. The van der Waals surface area contributed by atoms with E-state index in [4.69, 9.17) is 4.98 Å². The van der Waals surface area contributed by atoms with Gasteiger partial charge < -0.3 is 4.40 Å². The summed E-state index contributed by atoms with van der Waals surface area (Å²) < 4.78 is 4.75. The van der Waals surface area contributed by atoms with Gasteiger partial charge in [0.15, 0.2) is 0 Å². The summed E-state index contributed by atoms with van der Waals surface area (Å²) in [7, 11) is 0. The van der Waals surface area contributed by atoms with Crippen LogP contribution in [0.2, 0.25) is 0 Å². The number of nitrogens with zero attached hydrogens (tertiary/aromatic N) is 3. The Labute approximate surface area is 230 Å². The van der Waals surface area contributed by atoms with Crippen LogP contribution in [0.4, 0.5) is 0 Å². The van der Waals surface area contributed by atoms with Crippen molar-refractivity contribution in [2.45, 2.75) is 0 Å². The van der Waals surface area contributed by atoms with Gasteiger partial charge in [-0.15, -0.1) is 0 Å². The fourth-order valence-electron chi connectivity index (χ4n) is 6.64. The molecule has 0 radical (unpaired) electrons. The first-order valence-corrected chi connectivity index (χ1v) is 13.7. The van der Waals surface area contributed by atoms with E-state index < -0.39 is 0 Å². The number of benzene rings is 5. The molecule has 0 spiro atoms. The zero-order valence-corrected chi connectivity index (χ0v) is 21.6. The highest BCUT2D eigenvalue weighted by Gasteiger charge is 2.19. The Bertz CT molecular complexity index is 2430. The second kappa shape index (κ2) is 8.05. The fourth-order valence-corrected chi connectivity index (χ4v) is 6.64. The lowest BCUT2D eigenvalue weighted by molar-refractivity contribution is 1.08. The molecule has 9 rings (SSSR count). The highest BCUT2D eigenvalue weighted by Crippen LogP contribution is 2.41. The maximum Gasteiger partial charge on any atom is 0.138 e. The van der Waals surface area contributed by atoms with Crippen LogP contribution < -0.4 is 0 Å². The lowest BCUT2D eigenvalue weighted by atomic mass is 10.0. The maximum absolute atomic E-state index is 4.87. The largest absolute Gasteiger partial charge is 0.309 e. The van der Waals surface area contributed by atoms with Gasteiger partial charge in [-0.1, -0.05) is 91.0 Å². The molecule has 4 aromatic heterocycles. The molecule has 9 aromatic rings. The van der Waals surface area contributed by atoms with Gasteiger partial charge in [-0.05, 0) is 59.0 Å². The van der Waals surface area contributed by atoms with E-state index in [2.05, 4.69) is 142 Å². The summed E-state index contributed by atoms with van der Waals surface area (Å²) in [5.74, 6) is 0.923. The zero-order chi connectivity index (χ0) is 26.2. The van der Waals surface area contributed by atoms with Crippen molar-refractivity contribution in [3.8, 4) is 16.9 Å². The van der Waals surface area contributed by atoms with Gasteiger partial charge in [-0.2, -0.15) is 0 Å². The van der Waals surface area contributed by atoms with E-state index in [1.165, 1.54) is 54.4 Å². The molecule has 0 amide bonds. The molecule has 3 heteroatoms. The van der Waals surface area contributed by atoms with E-state index in [9.17, 15) is 0 Å². The van der Waals surface area contributed by atoms with Crippen LogP contribution in [0.15, 0.2) is 140 Å². The Balaban J connectivity index is 1.43. The molecule has 186 valence electrons. The first-order chi connectivity index (χ1) is 19.9. The van der Waals surface area contributed by atoms with E-state index in [0.717, 1.165) is 22.4 Å². The lowest BCUT2D eigenvalue weighted by Gasteiger charge is -2.10. The monoisotopic (exact) mass is 509 g/mol. The van der Waals surface area contributed by atoms with Crippen LogP contribution in [0.5, 0.6) is 0 Å². The number of hydrogen-bond donors (Lipinski definition) is 0. The molecule has 3 nitrogen and oxygen atoms in total. The third kappa shape index (κ3) is 2.86. The Morgan fingerprint density at radius 1 is 0.400 bits per heavy atom. The molecule has 0 aliphatic rings. The normalized spacial score (nSPS) is 12.0. The highest BCUT2D eigenvalue weighted by atomic mass is 15.1. The van der Waals surface area contributed by atoms with Crippen molar-refractivity contribution in [2.24, 2.45) is 0 Å². The summed E-state index contributed by atoms with van der Waals surface area (Å²) in [5, 5.41) is 7.58. The number of para-hydroxylation sites is 2. The molecule has 0 saturated heterocycles. The topological polar surface area (TPSA) is 22.2 Å². The van der Waals surface area contributed by atoms with Crippen LogP contribution in [0, 0.1) is 0 Å². The highest BCUT2D eigenvalue weighted by molar-refractivity contribution is 6.24. The van der Waals surface area contributed by atoms with E-state index in [-0.39, 0.29) is 0 Å². The van der Waals surface area contributed by atoms with Crippen LogP contribution in [0.1, 0.15) is 0 Å². The van der Waals surface area contributed by atoms with Gasteiger partial charge in [-0.25, -0.2) is 4.98 Å². The SMILES string of the molecule is c1ccc(-c2ccnc(-n3c4ccccc4c4c5cc6c7ccccc7c7ccccc7n6c5ccc43)c2)cc1. The third-order valence-electron chi connectivity index (χ3n) is 8.34. The van der Waals surface area contributed by atoms with Crippen molar-refractivity contribution in [3.05, 3.63) is 140 Å². The molecule has 5 aromatic carbocycles. The molecule has 40 heavy (non-hydrogen) atoms. The van der Waals surface area contributed by atoms with Gasteiger partial charge in [0.1, 0.15) is 5.82 Å². The number of aromatic nitrogens is 3.